The molecule has 1 aliphatic heterocycles. The van der Waals surface area contributed by atoms with E-state index in [1.165, 1.54) is 27.8 Å². The first-order chi connectivity index (χ1) is 13.7. The number of carboxylic acids is 1. The van der Waals surface area contributed by atoms with Crippen LogP contribution in [-0.2, 0) is 17.6 Å². The van der Waals surface area contributed by atoms with Crippen LogP contribution in [0.1, 0.15) is 47.9 Å². The summed E-state index contributed by atoms with van der Waals surface area (Å²) in [5.74, 6) is -0.833. The van der Waals surface area contributed by atoms with Crippen molar-refractivity contribution in [1.82, 2.24) is 4.90 Å². The van der Waals surface area contributed by atoms with Gasteiger partial charge in [-0.15, -0.1) is 0 Å². The number of piperidine rings is 1. The first-order valence-corrected chi connectivity index (χ1v) is 10.5. The Bertz CT molecular complexity index is 870. The SMILES string of the molecule is O=C(O)[C@@H]1CCCN(CCCC2=Cc3ccccc3CCc3ccccc32)C1. The zero-order valence-corrected chi connectivity index (χ0v) is 16.4. The molecule has 3 heteroatoms. The predicted molar refractivity (Wildman–Crippen MR) is 114 cm³/mol. The van der Waals surface area contributed by atoms with Crippen molar-refractivity contribution in [3.8, 4) is 0 Å². The molecule has 0 radical (unpaired) electrons. The Hall–Kier alpha value is -2.39. The molecule has 2 aromatic carbocycles. The lowest BCUT2D eigenvalue weighted by atomic mass is 9.87. The zero-order chi connectivity index (χ0) is 19.3. The van der Waals surface area contributed by atoms with Gasteiger partial charge in [-0.1, -0.05) is 54.6 Å². The van der Waals surface area contributed by atoms with E-state index in [0.29, 0.717) is 6.54 Å². The second-order valence-corrected chi connectivity index (χ2v) is 8.11. The number of hydrogen-bond donors (Lipinski definition) is 1. The molecule has 0 bridgehead atoms. The third kappa shape index (κ3) is 4.36. The standard InChI is InChI=1S/C25H29NO2/c27-25(28)23-11-6-16-26(18-23)15-5-10-22-17-21-9-2-1-7-19(21)13-14-20-8-3-4-12-24(20)22/h1-4,7-9,12,17,23H,5-6,10-11,13-16,18H2,(H,27,28)/t23-/m1/s1. The largest absolute Gasteiger partial charge is 0.481 e. The highest BCUT2D eigenvalue weighted by Crippen LogP contribution is 2.31. The lowest BCUT2D eigenvalue weighted by molar-refractivity contribution is -0.143. The lowest BCUT2D eigenvalue weighted by Crippen LogP contribution is -2.39. The fraction of sp³-hybridized carbons (Fsp3) is 0.400. The predicted octanol–water partition coefficient (Wildman–Crippen LogP) is 4.90. The summed E-state index contributed by atoms with van der Waals surface area (Å²) in [6, 6.07) is 17.5. The number of hydrogen-bond acceptors (Lipinski definition) is 2. The summed E-state index contributed by atoms with van der Waals surface area (Å²) >= 11 is 0. The van der Waals surface area contributed by atoms with E-state index >= 15 is 0 Å². The van der Waals surface area contributed by atoms with Crippen LogP contribution in [0.3, 0.4) is 0 Å². The Kier molecular flexibility index (Phi) is 5.92. The van der Waals surface area contributed by atoms with Crippen LogP contribution < -0.4 is 0 Å². The second kappa shape index (κ2) is 8.74. The van der Waals surface area contributed by atoms with Gasteiger partial charge in [0.25, 0.3) is 0 Å². The molecule has 2 aromatic rings. The third-order valence-corrected chi connectivity index (χ3v) is 6.19. The van der Waals surface area contributed by atoms with Crippen LogP contribution >= 0.6 is 0 Å². The molecule has 4 rings (SSSR count). The average Bonchev–Trinajstić information content (AvgIpc) is 2.71. The molecule has 0 amide bonds. The monoisotopic (exact) mass is 375 g/mol. The maximum Gasteiger partial charge on any atom is 0.307 e. The number of fused-ring (bicyclic) bond motifs is 2. The first kappa shape index (κ1) is 18.9. The number of aryl methyl sites for hydroxylation is 2. The van der Waals surface area contributed by atoms with Crippen molar-refractivity contribution in [3.63, 3.8) is 0 Å². The molecule has 1 fully saturated rings. The first-order valence-electron chi connectivity index (χ1n) is 10.5. The molecular formula is C25H29NO2. The van der Waals surface area contributed by atoms with Gasteiger partial charge in [0, 0.05) is 6.54 Å². The Balaban J connectivity index is 1.50. The average molecular weight is 376 g/mol. The fourth-order valence-electron chi connectivity index (χ4n) is 4.65. The van der Waals surface area contributed by atoms with Gasteiger partial charge in [0.2, 0.25) is 0 Å². The molecule has 1 N–H and O–H groups in total. The van der Waals surface area contributed by atoms with Crippen LogP contribution in [0.5, 0.6) is 0 Å². The van der Waals surface area contributed by atoms with Crippen molar-refractivity contribution in [2.24, 2.45) is 5.92 Å². The van der Waals surface area contributed by atoms with Crippen molar-refractivity contribution < 1.29 is 9.90 Å². The normalized spacial score (nSPS) is 19.7. The zero-order valence-electron chi connectivity index (χ0n) is 16.4. The Morgan fingerprint density at radius 1 is 1.04 bits per heavy atom. The van der Waals surface area contributed by atoms with Gasteiger partial charge in [-0.05, 0) is 79.4 Å². The number of aliphatic carboxylic acids is 1. The van der Waals surface area contributed by atoms with E-state index in [1.54, 1.807) is 0 Å². The molecule has 146 valence electrons. The highest BCUT2D eigenvalue weighted by Gasteiger charge is 2.25. The fourth-order valence-corrected chi connectivity index (χ4v) is 4.65. The second-order valence-electron chi connectivity index (χ2n) is 8.11. The number of carboxylic acid groups (broad SMARTS) is 1. The van der Waals surface area contributed by atoms with E-state index in [1.807, 2.05) is 0 Å². The highest BCUT2D eigenvalue weighted by atomic mass is 16.4. The number of allylic oxidation sites excluding steroid dienone is 1. The molecule has 1 aliphatic carbocycles. The lowest BCUT2D eigenvalue weighted by Gasteiger charge is -2.30. The molecule has 1 atom stereocenters. The van der Waals surface area contributed by atoms with Gasteiger partial charge in [-0.2, -0.15) is 0 Å². The van der Waals surface area contributed by atoms with Crippen LogP contribution in [0, 0.1) is 5.92 Å². The van der Waals surface area contributed by atoms with Gasteiger partial charge in [-0.25, -0.2) is 0 Å². The number of benzene rings is 2. The topological polar surface area (TPSA) is 40.5 Å². The minimum atomic E-state index is -0.641. The molecule has 1 saturated heterocycles. The van der Waals surface area contributed by atoms with E-state index in [2.05, 4.69) is 59.5 Å². The summed E-state index contributed by atoms with van der Waals surface area (Å²) < 4.78 is 0. The molecule has 1 heterocycles. The molecule has 0 unspecified atom stereocenters. The van der Waals surface area contributed by atoms with Crippen molar-refractivity contribution in [1.29, 1.82) is 0 Å². The minimum absolute atomic E-state index is 0.193. The molecule has 0 spiro atoms. The van der Waals surface area contributed by atoms with Crippen LogP contribution in [0.15, 0.2) is 48.5 Å². The maximum atomic E-state index is 11.3. The van der Waals surface area contributed by atoms with Gasteiger partial charge in [0.1, 0.15) is 0 Å². The van der Waals surface area contributed by atoms with Crippen LogP contribution in [0.2, 0.25) is 0 Å². The summed E-state index contributed by atoms with van der Waals surface area (Å²) in [6.07, 6.45) is 8.45. The molecule has 0 saturated carbocycles. The summed E-state index contributed by atoms with van der Waals surface area (Å²) in [5, 5.41) is 9.31. The van der Waals surface area contributed by atoms with Crippen molar-refractivity contribution in [3.05, 3.63) is 70.8 Å². The summed E-state index contributed by atoms with van der Waals surface area (Å²) in [6.45, 7) is 2.71. The summed E-state index contributed by atoms with van der Waals surface area (Å²) in [5.41, 5.74) is 7.01. The third-order valence-electron chi connectivity index (χ3n) is 6.19. The van der Waals surface area contributed by atoms with Crippen molar-refractivity contribution in [2.75, 3.05) is 19.6 Å². The van der Waals surface area contributed by atoms with Crippen LogP contribution in [0.25, 0.3) is 11.6 Å². The Morgan fingerprint density at radius 3 is 2.64 bits per heavy atom. The Morgan fingerprint density at radius 2 is 1.79 bits per heavy atom. The number of carbonyl (C=O) groups is 1. The molecule has 0 aromatic heterocycles. The Labute approximate surface area is 167 Å². The molecule has 28 heavy (non-hydrogen) atoms. The number of rotatable bonds is 5. The number of likely N-dealkylation sites (tertiary alicyclic amines) is 1. The quantitative estimate of drug-likeness (QED) is 0.808. The van der Waals surface area contributed by atoms with E-state index in [0.717, 1.165) is 51.6 Å². The van der Waals surface area contributed by atoms with Crippen molar-refractivity contribution in [2.45, 2.75) is 38.5 Å². The van der Waals surface area contributed by atoms with E-state index in [4.69, 9.17) is 0 Å². The minimum Gasteiger partial charge on any atom is -0.481 e. The smallest absolute Gasteiger partial charge is 0.307 e. The van der Waals surface area contributed by atoms with Gasteiger partial charge >= 0.3 is 5.97 Å². The van der Waals surface area contributed by atoms with Crippen LogP contribution in [-0.4, -0.2) is 35.6 Å². The van der Waals surface area contributed by atoms with E-state index in [9.17, 15) is 9.90 Å². The summed E-state index contributed by atoms with van der Waals surface area (Å²) in [4.78, 5) is 13.6. The number of nitrogens with zero attached hydrogens (tertiary/aromatic N) is 1. The van der Waals surface area contributed by atoms with Crippen molar-refractivity contribution >= 4 is 17.6 Å². The van der Waals surface area contributed by atoms with E-state index < -0.39 is 5.97 Å². The van der Waals surface area contributed by atoms with Crippen LogP contribution in [0.4, 0.5) is 0 Å². The van der Waals surface area contributed by atoms with E-state index in [-0.39, 0.29) is 5.92 Å². The maximum absolute atomic E-state index is 11.3. The van der Waals surface area contributed by atoms with Gasteiger partial charge in [0.15, 0.2) is 0 Å². The molecule has 2 aliphatic rings. The summed E-state index contributed by atoms with van der Waals surface area (Å²) in [7, 11) is 0. The molecule has 3 nitrogen and oxygen atoms in total. The van der Waals surface area contributed by atoms with Gasteiger partial charge in [-0.3, -0.25) is 4.79 Å². The highest BCUT2D eigenvalue weighted by molar-refractivity contribution is 5.84. The van der Waals surface area contributed by atoms with Gasteiger partial charge < -0.3 is 10.0 Å². The molecular weight excluding hydrogens is 346 g/mol. The van der Waals surface area contributed by atoms with Gasteiger partial charge in [0.05, 0.1) is 5.92 Å².